The molecule has 0 spiro atoms. The summed E-state index contributed by atoms with van der Waals surface area (Å²) in [5.41, 5.74) is 2.23. The number of ether oxygens (including phenoxy) is 2. The summed E-state index contributed by atoms with van der Waals surface area (Å²) in [5, 5.41) is 2.35. The van der Waals surface area contributed by atoms with E-state index in [-0.39, 0.29) is 30.2 Å². The third-order valence-corrected chi connectivity index (χ3v) is 6.47. The summed E-state index contributed by atoms with van der Waals surface area (Å²) in [6.07, 6.45) is -0.779. The first-order valence-corrected chi connectivity index (χ1v) is 10.1. The minimum atomic E-state index is -4.11. The molecule has 2 aliphatic heterocycles. The third kappa shape index (κ3) is 3.39. The Labute approximate surface area is 162 Å². The molecule has 1 fully saturated rings. The van der Waals surface area contributed by atoms with Crippen LogP contribution in [0.25, 0.3) is 0 Å². The topological polar surface area (TPSA) is 123 Å². The number of halogens is 1. The van der Waals surface area contributed by atoms with Crippen LogP contribution in [0.2, 0.25) is 0 Å². The average Bonchev–Trinajstić information content (AvgIpc) is 2.99. The predicted octanol–water partition coefficient (Wildman–Crippen LogP) is 1.51. The number of fused-ring (bicyclic) bond motifs is 1. The predicted molar refractivity (Wildman–Crippen MR) is 100 cm³/mol. The summed E-state index contributed by atoms with van der Waals surface area (Å²) >= 11 is 0. The maximum atomic E-state index is 14.6. The molecule has 0 saturated carbocycles. The second-order valence-corrected chi connectivity index (χ2v) is 9.70. The quantitative estimate of drug-likeness (QED) is 0.672. The molecule has 2 unspecified atom stereocenters. The van der Waals surface area contributed by atoms with Crippen molar-refractivity contribution in [2.45, 2.75) is 43.8 Å². The first-order valence-electron chi connectivity index (χ1n) is 8.61. The van der Waals surface area contributed by atoms with Crippen molar-refractivity contribution in [1.82, 2.24) is 9.62 Å². The molecule has 28 heavy (non-hydrogen) atoms. The summed E-state index contributed by atoms with van der Waals surface area (Å²) in [5.74, 6) is -0.942. The first-order chi connectivity index (χ1) is 12.9. The molecule has 1 aromatic rings. The number of sulfonamides is 1. The second kappa shape index (κ2) is 6.59. The smallest absolute Gasteiger partial charge is 0.414 e. The minimum absolute atomic E-state index is 0.00448. The Hall–Kier alpha value is -2.40. The second-order valence-electron chi connectivity index (χ2n) is 7.69. The van der Waals surface area contributed by atoms with Gasteiger partial charge in [-0.25, -0.2) is 26.9 Å². The van der Waals surface area contributed by atoms with Crippen LogP contribution >= 0.6 is 0 Å². The van der Waals surface area contributed by atoms with E-state index >= 15 is 0 Å². The van der Waals surface area contributed by atoms with E-state index in [2.05, 4.69) is 10.3 Å². The number of nitrogens with zero attached hydrogens (tertiary/aromatic N) is 2. The zero-order chi connectivity index (χ0) is 20.9. The number of carbonyl (C=O) groups excluding carboxylic acids is 1. The molecule has 154 valence electrons. The summed E-state index contributed by atoms with van der Waals surface area (Å²) in [6.45, 7) is 5.05. The van der Waals surface area contributed by atoms with Gasteiger partial charge in [-0.3, -0.25) is 5.32 Å². The van der Waals surface area contributed by atoms with Gasteiger partial charge in [0.2, 0.25) is 11.4 Å². The van der Waals surface area contributed by atoms with Gasteiger partial charge < -0.3 is 15.2 Å². The van der Waals surface area contributed by atoms with Crippen molar-refractivity contribution in [3.8, 4) is 0 Å². The Bertz CT molecular complexity index is 943. The minimum Gasteiger partial charge on any atom is -0.444 e. The van der Waals surface area contributed by atoms with Crippen LogP contribution in [0.15, 0.2) is 23.2 Å². The third-order valence-electron chi connectivity index (χ3n) is 4.47. The molecule has 2 heterocycles. The largest absolute Gasteiger partial charge is 0.444 e. The molecule has 1 aromatic carbocycles. The van der Waals surface area contributed by atoms with Gasteiger partial charge >= 0.3 is 6.09 Å². The van der Waals surface area contributed by atoms with Crippen LogP contribution in [0.5, 0.6) is 0 Å². The number of benzene rings is 1. The van der Waals surface area contributed by atoms with Crippen LogP contribution in [-0.4, -0.2) is 49.5 Å². The van der Waals surface area contributed by atoms with Gasteiger partial charge in [-0.1, -0.05) is 0 Å². The normalized spacial score (nSPS) is 26.4. The van der Waals surface area contributed by atoms with E-state index in [4.69, 9.17) is 15.2 Å². The molecule has 11 heteroatoms. The Balaban J connectivity index is 2.13. The highest BCUT2D eigenvalue weighted by Gasteiger charge is 2.59. The molecule has 3 rings (SSSR count). The van der Waals surface area contributed by atoms with Crippen molar-refractivity contribution in [2.24, 2.45) is 4.99 Å². The lowest BCUT2D eigenvalue weighted by atomic mass is 9.88. The maximum Gasteiger partial charge on any atom is 0.414 e. The van der Waals surface area contributed by atoms with Crippen molar-refractivity contribution < 1.29 is 27.1 Å². The van der Waals surface area contributed by atoms with E-state index in [9.17, 15) is 17.6 Å². The van der Waals surface area contributed by atoms with Crippen LogP contribution in [0.4, 0.5) is 14.9 Å². The number of alkyl carbamates (subject to hydrolysis) is 1. The number of rotatable bonds is 1. The molecule has 1 saturated heterocycles. The van der Waals surface area contributed by atoms with Crippen molar-refractivity contribution >= 4 is 27.8 Å². The van der Waals surface area contributed by atoms with E-state index in [0.717, 1.165) is 10.4 Å². The van der Waals surface area contributed by atoms with Crippen molar-refractivity contribution in [3.63, 3.8) is 0 Å². The Morgan fingerprint density at radius 2 is 2.14 bits per heavy atom. The highest BCUT2D eigenvalue weighted by Crippen LogP contribution is 2.46. The van der Waals surface area contributed by atoms with Crippen LogP contribution in [0.3, 0.4) is 0 Å². The van der Waals surface area contributed by atoms with Gasteiger partial charge in [0.1, 0.15) is 17.0 Å². The number of amides is 1. The zero-order valence-electron chi connectivity index (χ0n) is 16.0. The van der Waals surface area contributed by atoms with Crippen LogP contribution in [0.1, 0.15) is 32.8 Å². The number of hydrogen-bond acceptors (Lipinski definition) is 7. The van der Waals surface area contributed by atoms with Crippen LogP contribution in [0, 0.1) is 5.82 Å². The summed E-state index contributed by atoms with van der Waals surface area (Å²) in [4.78, 5) is 16.6. The van der Waals surface area contributed by atoms with Gasteiger partial charge in [-0.2, -0.15) is 0 Å². The average molecular weight is 414 g/mol. The molecule has 0 aliphatic carbocycles. The van der Waals surface area contributed by atoms with Gasteiger partial charge in [0.15, 0.2) is 0 Å². The lowest BCUT2D eigenvalue weighted by Gasteiger charge is -2.39. The Morgan fingerprint density at radius 1 is 1.46 bits per heavy atom. The van der Waals surface area contributed by atoms with E-state index in [1.807, 2.05) is 0 Å². The lowest BCUT2D eigenvalue weighted by molar-refractivity contribution is 0.0557. The molecule has 0 radical (unpaired) electrons. The van der Waals surface area contributed by atoms with Gasteiger partial charge in [-0.15, -0.1) is 0 Å². The fourth-order valence-electron chi connectivity index (χ4n) is 3.24. The molecular weight excluding hydrogens is 391 g/mol. The van der Waals surface area contributed by atoms with Crippen molar-refractivity contribution in [3.05, 3.63) is 29.6 Å². The van der Waals surface area contributed by atoms with Gasteiger partial charge in [0.25, 0.3) is 10.0 Å². The Morgan fingerprint density at radius 3 is 2.79 bits per heavy atom. The van der Waals surface area contributed by atoms with Gasteiger partial charge in [0.05, 0.1) is 6.61 Å². The number of anilines is 1. The van der Waals surface area contributed by atoms with E-state index < -0.39 is 38.5 Å². The SMILES string of the molecule is CN1C(NC(=O)OC(C)(C)C)=NC2(c3cc(N)ccc3F)CCOC2S1(=O)=O. The summed E-state index contributed by atoms with van der Waals surface area (Å²) in [7, 11) is -2.88. The Kier molecular flexibility index (Phi) is 4.79. The molecule has 0 aromatic heterocycles. The van der Waals surface area contributed by atoms with E-state index in [1.165, 1.54) is 19.2 Å². The molecule has 2 aliphatic rings. The molecular formula is C17H23FN4O5S. The molecule has 3 N–H and O–H groups in total. The van der Waals surface area contributed by atoms with Crippen molar-refractivity contribution in [1.29, 1.82) is 0 Å². The fraction of sp³-hybridized carbons (Fsp3) is 0.529. The highest BCUT2D eigenvalue weighted by molar-refractivity contribution is 7.90. The lowest BCUT2D eigenvalue weighted by Crippen LogP contribution is -2.58. The number of nitrogens with two attached hydrogens (primary N) is 1. The van der Waals surface area contributed by atoms with E-state index in [0.29, 0.717) is 0 Å². The molecule has 9 nitrogen and oxygen atoms in total. The number of hydrogen-bond donors (Lipinski definition) is 2. The van der Waals surface area contributed by atoms with E-state index in [1.54, 1.807) is 20.8 Å². The van der Waals surface area contributed by atoms with Crippen molar-refractivity contribution in [2.75, 3.05) is 19.4 Å². The molecule has 2 atom stereocenters. The number of nitrogens with one attached hydrogen (secondary N) is 1. The van der Waals surface area contributed by atoms with Gasteiger partial charge in [0, 0.05) is 24.7 Å². The number of aliphatic imine (C=N–C) groups is 1. The number of nitrogen functional groups attached to an aromatic ring is 1. The monoisotopic (exact) mass is 414 g/mol. The first kappa shape index (κ1) is 20.3. The standard InChI is InChI=1S/C17H23FN4O5S/c1-16(2,3)27-15(23)20-14-21-17(11-9-10(19)5-6-12(11)18)7-8-26-13(17)28(24,25)22(14)4/h5-6,9,13H,7-8,19H2,1-4H3,(H,20,21,23). The van der Waals surface area contributed by atoms with Gasteiger partial charge in [-0.05, 0) is 39.0 Å². The maximum absolute atomic E-state index is 14.6. The summed E-state index contributed by atoms with van der Waals surface area (Å²) < 4.78 is 52.1. The number of carbonyl (C=O) groups is 1. The highest BCUT2D eigenvalue weighted by atomic mass is 32.2. The van der Waals surface area contributed by atoms with Crippen LogP contribution < -0.4 is 11.1 Å². The molecule has 0 bridgehead atoms. The summed E-state index contributed by atoms with van der Waals surface area (Å²) in [6, 6.07) is 3.86. The molecule has 1 amide bonds. The van der Waals surface area contributed by atoms with Crippen LogP contribution in [-0.2, 0) is 25.0 Å². The zero-order valence-corrected chi connectivity index (χ0v) is 16.8. The fourth-order valence-corrected chi connectivity index (χ4v) is 4.91. The number of guanidine groups is 1.